The molecule has 4 nitrogen and oxygen atoms in total. The Labute approximate surface area is 69.9 Å². The van der Waals surface area contributed by atoms with Crippen molar-refractivity contribution >= 4 is 0 Å². The summed E-state index contributed by atoms with van der Waals surface area (Å²) in [5.41, 5.74) is 5.88. The Kier molecular flexibility index (Phi) is 2.52. The second-order valence-electron chi connectivity index (χ2n) is 2.53. The highest BCUT2D eigenvalue weighted by molar-refractivity contribution is 5.40. The summed E-state index contributed by atoms with van der Waals surface area (Å²) in [6.45, 7) is -0.238. The van der Waals surface area contributed by atoms with E-state index in [4.69, 9.17) is 15.9 Å². The molecule has 1 rings (SSSR count). The monoisotopic (exact) mass is 169 g/mol. The van der Waals surface area contributed by atoms with Gasteiger partial charge in [-0.25, -0.2) is 0 Å². The topological polar surface area (TPSA) is 86.7 Å². The molecule has 1 atom stereocenters. The molecule has 0 aliphatic heterocycles. The molecule has 0 unspecified atom stereocenters. The van der Waals surface area contributed by atoms with Crippen LogP contribution in [-0.2, 0) is 0 Å². The van der Waals surface area contributed by atoms with E-state index >= 15 is 0 Å². The number of aliphatic hydroxyl groups is 1. The van der Waals surface area contributed by atoms with Gasteiger partial charge in [-0.15, -0.1) is 0 Å². The average molecular weight is 169 g/mol. The lowest BCUT2D eigenvalue weighted by atomic mass is 10.1. The van der Waals surface area contributed by atoms with Gasteiger partial charge in [-0.3, -0.25) is 0 Å². The van der Waals surface area contributed by atoms with Gasteiger partial charge in [0.25, 0.3) is 0 Å². The summed E-state index contributed by atoms with van der Waals surface area (Å²) in [4.78, 5) is 0. The Hall–Kier alpha value is -1.26. The average Bonchev–Trinajstić information content (AvgIpc) is 2.03. The summed E-state index contributed by atoms with van der Waals surface area (Å²) < 4.78 is 0. The number of rotatable bonds is 2. The molecule has 0 amide bonds. The SMILES string of the molecule is N[C@@H](CO)c1ccc(O)cc1O. The predicted octanol–water partition coefficient (Wildman–Crippen LogP) is 0.0899. The molecule has 0 saturated carbocycles. The van der Waals surface area contributed by atoms with Gasteiger partial charge in [-0.2, -0.15) is 0 Å². The van der Waals surface area contributed by atoms with Crippen molar-refractivity contribution in [1.82, 2.24) is 0 Å². The van der Waals surface area contributed by atoms with E-state index in [1.54, 1.807) is 0 Å². The number of aromatic hydroxyl groups is 2. The Bertz CT molecular complexity index is 275. The van der Waals surface area contributed by atoms with Gasteiger partial charge in [-0.1, -0.05) is 6.07 Å². The third-order valence-corrected chi connectivity index (χ3v) is 1.61. The molecule has 0 aliphatic carbocycles. The number of nitrogens with two attached hydrogens (primary N) is 1. The van der Waals surface area contributed by atoms with Crippen LogP contribution >= 0.6 is 0 Å². The molecule has 1 aromatic carbocycles. The standard InChI is InChI=1S/C8H11NO3/c9-7(4-10)6-2-1-5(11)3-8(6)12/h1-3,7,10-12H,4,9H2/t7-/m0/s1. The van der Waals surface area contributed by atoms with Crippen molar-refractivity contribution in [2.24, 2.45) is 5.73 Å². The number of phenolic OH excluding ortho intramolecular Hbond substituents is 2. The number of benzene rings is 1. The van der Waals surface area contributed by atoms with Crippen LogP contribution in [0.1, 0.15) is 11.6 Å². The lowest BCUT2D eigenvalue weighted by Gasteiger charge is -2.10. The number of hydrogen-bond donors (Lipinski definition) is 4. The van der Waals surface area contributed by atoms with Crippen molar-refractivity contribution < 1.29 is 15.3 Å². The first-order valence-electron chi connectivity index (χ1n) is 3.53. The second kappa shape index (κ2) is 3.42. The van der Waals surface area contributed by atoms with E-state index in [-0.39, 0.29) is 18.1 Å². The van der Waals surface area contributed by atoms with Crippen molar-refractivity contribution in [3.8, 4) is 11.5 Å². The lowest BCUT2D eigenvalue weighted by Crippen LogP contribution is -2.14. The maximum absolute atomic E-state index is 9.24. The van der Waals surface area contributed by atoms with Crippen molar-refractivity contribution in [1.29, 1.82) is 0 Å². The molecule has 0 saturated heterocycles. The van der Waals surface area contributed by atoms with E-state index in [9.17, 15) is 5.11 Å². The van der Waals surface area contributed by atoms with E-state index in [1.807, 2.05) is 0 Å². The van der Waals surface area contributed by atoms with Crippen molar-refractivity contribution in [3.63, 3.8) is 0 Å². The van der Waals surface area contributed by atoms with Gasteiger partial charge in [-0.05, 0) is 6.07 Å². The predicted molar refractivity (Wildman–Crippen MR) is 43.8 cm³/mol. The molecular formula is C8H11NO3. The van der Waals surface area contributed by atoms with Gasteiger partial charge in [0.1, 0.15) is 11.5 Å². The molecule has 0 aliphatic rings. The Morgan fingerprint density at radius 2 is 2.00 bits per heavy atom. The minimum absolute atomic E-state index is 0.0265. The third-order valence-electron chi connectivity index (χ3n) is 1.61. The highest BCUT2D eigenvalue weighted by atomic mass is 16.3. The zero-order valence-electron chi connectivity index (χ0n) is 6.44. The van der Waals surface area contributed by atoms with Crippen LogP contribution in [0.3, 0.4) is 0 Å². The molecule has 0 aromatic heterocycles. The zero-order valence-corrected chi connectivity index (χ0v) is 6.44. The molecule has 4 heteroatoms. The molecule has 0 radical (unpaired) electrons. The Morgan fingerprint density at radius 3 is 2.50 bits per heavy atom. The van der Waals surface area contributed by atoms with Crippen LogP contribution in [0.4, 0.5) is 0 Å². The summed E-state index contributed by atoms with van der Waals surface area (Å²) in [5.74, 6) is -0.127. The zero-order chi connectivity index (χ0) is 9.14. The summed E-state index contributed by atoms with van der Waals surface area (Å²) in [6.07, 6.45) is 0. The van der Waals surface area contributed by atoms with Crippen LogP contribution < -0.4 is 5.73 Å². The first-order chi connectivity index (χ1) is 5.65. The van der Waals surface area contributed by atoms with Crippen LogP contribution in [-0.4, -0.2) is 21.9 Å². The molecule has 12 heavy (non-hydrogen) atoms. The molecule has 0 bridgehead atoms. The molecule has 1 aromatic rings. The lowest BCUT2D eigenvalue weighted by molar-refractivity contribution is 0.265. The quantitative estimate of drug-likeness (QED) is 0.505. The van der Waals surface area contributed by atoms with Gasteiger partial charge in [0.2, 0.25) is 0 Å². The normalized spacial score (nSPS) is 12.8. The first-order valence-corrected chi connectivity index (χ1v) is 3.53. The maximum atomic E-state index is 9.24. The van der Waals surface area contributed by atoms with Crippen LogP contribution in [0.5, 0.6) is 11.5 Å². The molecular weight excluding hydrogens is 158 g/mol. The van der Waals surface area contributed by atoms with E-state index in [2.05, 4.69) is 0 Å². The van der Waals surface area contributed by atoms with E-state index in [1.165, 1.54) is 18.2 Å². The molecule has 0 heterocycles. The number of aliphatic hydroxyl groups excluding tert-OH is 1. The summed E-state index contributed by atoms with van der Waals surface area (Å²) in [7, 11) is 0. The number of phenols is 2. The van der Waals surface area contributed by atoms with Crippen molar-refractivity contribution in [2.75, 3.05) is 6.61 Å². The van der Waals surface area contributed by atoms with Crippen LogP contribution in [0.2, 0.25) is 0 Å². The summed E-state index contributed by atoms with van der Waals surface area (Å²) in [5, 5.41) is 26.9. The smallest absolute Gasteiger partial charge is 0.124 e. The highest BCUT2D eigenvalue weighted by Gasteiger charge is 2.09. The molecule has 0 fully saturated rings. The fraction of sp³-hybridized carbons (Fsp3) is 0.250. The fourth-order valence-corrected chi connectivity index (χ4v) is 0.944. The Balaban J connectivity index is 3.01. The second-order valence-corrected chi connectivity index (χ2v) is 2.53. The van der Waals surface area contributed by atoms with Crippen molar-refractivity contribution in [3.05, 3.63) is 23.8 Å². The summed E-state index contributed by atoms with van der Waals surface area (Å²) >= 11 is 0. The van der Waals surface area contributed by atoms with Gasteiger partial charge in [0.05, 0.1) is 12.6 Å². The highest BCUT2D eigenvalue weighted by Crippen LogP contribution is 2.26. The minimum atomic E-state index is -0.606. The molecule has 0 spiro atoms. The fourth-order valence-electron chi connectivity index (χ4n) is 0.944. The van der Waals surface area contributed by atoms with Gasteiger partial charge >= 0.3 is 0 Å². The van der Waals surface area contributed by atoms with E-state index in [0.29, 0.717) is 5.56 Å². The van der Waals surface area contributed by atoms with Gasteiger partial charge in [0, 0.05) is 11.6 Å². The van der Waals surface area contributed by atoms with Crippen molar-refractivity contribution in [2.45, 2.75) is 6.04 Å². The summed E-state index contributed by atoms with van der Waals surface area (Å²) in [6, 6.07) is 3.46. The van der Waals surface area contributed by atoms with Gasteiger partial charge < -0.3 is 21.1 Å². The molecule has 66 valence electrons. The van der Waals surface area contributed by atoms with Crippen LogP contribution in [0, 0.1) is 0 Å². The third kappa shape index (κ3) is 1.66. The Morgan fingerprint density at radius 1 is 1.33 bits per heavy atom. The van der Waals surface area contributed by atoms with Crippen LogP contribution in [0.15, 0.2) is 18.2 Å². The molecule has 5 N–H and O–H groups in total. The minimum Gasteiger partial charge on any atom is -0.508 e. The van der Waals surface area contributed by atoms with Gasteiger partial charge in [0.15, 0.2) is 0 Å². The van der Waals surface area contributed by atoms with E-state index in [0.717, 1.165) is 0 Å². The largest absolute Gasteiger partial charge is 0.508 e. The van der Waals surface area contributed by atoms with Crippen LogP contribution in [0.25, 0.3) is 0 Å². The van der Waals surface area contributed by atoms with E-state index < -0.39 is 6.04 Å². The number of hydrogen-bond acceptors (Lipinski definition) is 4. The maximum Gasteiger partial charge on any atom is 0.124 e. The first kappa shape index (κ1) is 8.83.